The van der Waals surface area contributed by atoms with Gasteiger partial charge >= 0.3 is 12.4 Å². The Hall–Kier alpha value is -1.14. The minimum atomic E-state index is -4.50. The van der Waals surface area contributed by atoms with Gasteiger partial charge in [0.2, 0.25) is 0 Å². The molecule has 1 heterocycles. The molecular formula is C10H9F6N. The maximum absolute atomic E-state index is 12.7. The Morgan fingerprint density at radius 1 is 1.06 bits per heavy atom. The molecule has 1 aliphatic carbocycles. The van der Waals surface area contributed by atoms with Crippen LogP contribution in [0.2, 0.25) is 0 Å². The molecule has 0 aromatic rings. The molecule has 7 heteroatoms. The van der Waals surface area contributed by atoms with Gasteiger partial charge in [-0.2, -0.15) is 26.3 Å². The first-order chi connectivity index (χ1) is 7.67. The fourth-order valence-electron chi connectivity index (χ4n) is 1.88. The van der Waals surface area contributed by atoms with Crippen molar-refractivity contribution in [2.24, 2.45) is 0 Å². The zero-order valence-corrected chi connectivity index (χ0v) is 8.57. The second-order valence-electron chi connectivity index (χ2n) is 4.15. The van der Waals surface area contributed by atoms with Gasteiger partial charge in [0.15, 0.2) is 0 Å². The number of alkyl halides is 6. The van der Waals surface area contributed by atoms with Gasteiger partial charge in [0, 0.05) is 12.7 Å². The van der Waals surface area contributed by atoms with Crippen molar-refractivity contribution in [2.45, 2.75) is 30.7 Å². The van der Waals surface area contributed by atoms with Gasteiger partial charge in [0.25, 0.3) is 0 Å². The van der Waals surface area contributed by atoms with Crippen LogP contribution in [0.5, 0.6) is 0 Å². The summed E-state index contributed by atoms with van der Waals surface area (Å²) >= 11 is 0. The van der Waals surface area contributed by atoms with Crippen molar-refractivity contribution >= 4 is 0 Å². The lowest BCUT2D eigenvalue weighted by atomic mass is 10.1. The van der Waals surface area contributed by atoms with E-state index < -0.39 is 23.5 Å². The molecule has 1 aliphatic heterocycles. The van der Waals surface area contributed by atoms with Crippen LogP contribution in [0.4, 0.5) is 26.3 Å². The van der Waals surface area contributed by atoms with Crippen molar-refractivity contribution in [3.63, 3.8) is 0 Å². The van der Waals surface area contributed by atoms with E-state index in [-0.39, 0.29) is 19.4 Å². The van der Waals surface area contributed by atoms with E-state index in [1.165, 1.54) is 0 Å². The molecule has 0 atom stereocenters. The summed E-state index contributed by atoms with van der Waals surface area (Å²) in [7, 11) is 0. The molecule has 96 valence electrons. The number of hydrogen-bond donors (Lipinski definition) is 0. The third kappa shape index (κ3) is 2.02. The fourth-order valence-corrected chi connectivity index (χ4v) is 1.88. The Labute approximate surface area is 93.4 Å². The zero-order chi connectivity index (χ0) is 12.9. The van der Waals surface area contributed by atoms with Crippen LogP contribution in [0.15, 0.2) is 23.9 Å². The highest BCUT2D eigenvalue weighted by atomic mass is 19.4. The van der Waals surface area contributed by atoms with Crippen molar-refractivity contribution in [3.8, 4) is 0 Å². The highest BCUT2D eigenvalue weighted by Crippen LogP contribution is 2.54. The van der Waals surface area contributed by atoms with E-state index in [9.17, 15) is 26.3 Å². The van der Waals surface area contributed by atoms with Crippen molar-refractivity contribution < 1.29 is 26.3 Å². The maximum atomic E-state index is 12.7. The average molecular weight is 257 g/mol. The molecule has 0 bridgehead atoms. The molecule has 2 aliphatic rings. The van der Waals surface area contributed by atoms with E-state index in [1.807, 2.05) is 0 Å². The second-order valence-corrected chi connectivity index (χ2v) is 4.15. The summed E-state index contributed by atoms with van der Waals surface area (Å²) in [6, 6.07) is 0. The van der Waals surface area contributed by atoms with Crippen LogP contribution in [0.1, 0.15) is 12.8 Å². The first-order valence-electron chi connectivity index (χ1n) is 4.96. The minimum absolute atomic E-state index is 0.0595. The van der Waals surface area contributed by atoms with Crippen LogP contribution in [0, 0.1) is 0 Å². The molecule has 0 radical (unpaired) electrons. The summed E-state index contributed by atoms with van der Waals surface area (Å²) in [4.78, 5) is 0.933. The fraction of sp³-hybridized carbons (Fsp3) is 0.600. The Kier molecular flexibility index (Phi) is 2.48. The Bertz CT molecular complexity index is 371. The minimum Gasteiger partial charge on any atom is -0.360 e. The van der Waals surface area contributed by atoms with Gasteiger partial charge in [-0.25, -0.2) is 0 Å². The van der Waals surface area contributed by atoms with Crippen LogP contribution in [0.3, 0.4) is 0 Å². The second kappa shape index (κ2) is 3.43. The molecule has 0 unspecified atom stereocenters. The third-order valence-electron chi connectivity index (χ3n) is 3.07. The molecule has 2 rings (SSSR count). The Balaban J connectivity index is 2.12. The predicted molar refractivity (Wildman–Crippen MR) is 48.0 cm³/mol. The van der Waals surface area contributed by atoms with E-state index in [2.05, 4.69) is 0 Å². The van der Waals surface area contributed by atoms with Gasteiger partial charge in [0.05, 0.1) is 5.57 Å². The van der Waals surface area contributed by atoms with E-state index in [0.29, 0.717) is 6.08 Å². The Morgan fingerprint density at radius 3 is 1.94 bits per heavy atom. The van der Waals surface area contributed by atoms with E-state index in [0.717, 1.165) is 17.2 Å². The number of halogens is 6. The van der Waals surface area contributed by atoms with Crippen molar-refractivity contribution in [3.05, 3.63) is 23.9 Å². The molecule has 0 aromatic carbocycles. The lowest BCUT2D eigenvalue weighted by molar-refractivity contribution is -0.188. The largest absolute Gasteiger partial charge is 0.416 e. The van der Waals surface area contributed by atoms with Gasteiger partial charge in [-0.15, -0.1) is 0 Å². The molecule has 0 spiro atoms. The van der Waals surface area contributed by atoms with Gasteiger partial charge in [0.1, 0.15) is 5.54 Å². The standard InChI is InChI=1S/C10H9F6N/c11-9(12,13)7-1-5-17(6-2-7)8(3-4-8)10(14,15)16/h1-2,5H,3-4,6H2. The molecule has 1 saturated carbocycles. The normalized spacial score (nSPS) is 23.6. The first kappa shape index (κ1) is 12.3. The van der Waals surface area contributed by atoms with E-state index >= 15 is 0 Å². The molecule has 0 amide bonds. The lowest BCUT2D eigenvalue weighted by Gasteiger charge is -2.33. The van der Waals surface area contributed by atoms with Crippen LogP contribution >= 0.6 is 0 Å². The third-order valence-corrected chi connectivity index (χ3v) is 3.07. The van der Waals surface area contributed by atoms with E-state index in [4.69, 9.17) is 0 Å². The van der Waals surface area contributed by atoms with Gasteiger partial charge in [-0.3, -0.25) is 0 Å². The first-order valence-corrected chi connectivity index (χ1v) is 4.96. The van der Waals surface area contributed by atoms with Crippen LogP contribution in [0.25, 0.3) is 0 Å². The Morgan fingerprint density at radius 2 is 1.65 bits per heavy atom. The monoisotopic (exact) mass is 257 g/mol. The average Bonchev–Trinajstić information content (AvgIpc) is 2.96. The predicted octanol–water partition coefficient (Wildman–Crippen LogP) is 3.40. The summed E-state index contributed by atoms with van der Waals surface area (Å²) in [6.45, 7) is -0.356. The summed E-state index contributed by atoms with van der Waals surface area (Å²) < 4.78 is 74.8. The summed E-state index contributed by atoms with van der Waals surface area (Å²) in [6.07, 6.45) is -6.66. The quantitative estimate of drug-likeness (QED) is 0.651. The molecule has 17 heavy (non-hydrogen) atoms. The number of rotatable bonds is 1. The number of nitrogens with zero attached hydrogens (tertiary/aromatic N) is 1. The molecule has 0 aromatic heterocycles. The highest BCUT2D eigenvalue weighted by Gasteiger charge is 2.66. The molecule has 0 N–H and O–H groups in total. The van der Waals surface area contributed by atoms with Gasteiger partial charge < -0.3 is 4.90 Å². The number of hydrogen-bond acceptors (Lipinski definition) is 1. The summed E-state index contributed by atoms with van der Waals surface area (Å²) in [5.41, 5.74) is -2.84. The van der Waals surface area contributed by atoms with Crippen LogP contribution in [-0.2, 0) is 0 Å². The molecular weight excluding hydrogens is 248 g/mol. The molecule has 0 saturated heterocycles. The van der Waals surface area contributed by atoms with Gasteiger partial charge in [-0.1, -0.05) is 6.08 Å². The van der Waals surface area contributed by atoms with Crippen LogP contribution in [-0.4, -0.2) is 29.3 Å². The van der Waals surface area contributed by atoms with Crippen molar-refractivity contribution in [2.75, 3.05) is 6.54 Å². The zero-order valence-electron chi connectivity index (χ0n) is 8.57. The highest BCUT2D eigenvalue weighted by molar-refractivity contribution is 5.29. The van der Waals surface area contributed by atoms with Crippen LogP contribution < -0.4 is 0 Å². The molecule has 1 nitrogen and oxygen atoms in total. The van der Waals surface area contributed by atoms with Gasteiger partial charge in [-0.05, 0) is 18.9 Å². The van der Waals surface area contributed by atoms with E-state index in [1.54, 1.807) is 0 Å². The van der Waals surface area contributed by atoms with Crippen molar-refractivity contribution in [1.29, 1.82) is 0 Å². The maximum Gasteiger partial charge on any atom is 0.416 e. The number of allylic oxidation sites excluding steroid dienone is 2. The SMILES string of the molecule is FC(F)(F)C1=CCN(C2(C(F)(F)F)CC2)C=C1. The summed E-state index contributed by atoms with van der Waals surface area (Å²) in [5.74, 6) is 0. The topological polar surface area (TPSA) is 3.24 Å². The lowest BCUT2D eigenvalue weighted by Crippen LogP contribution is -2.46. The smallest absolute Gasteiger partial charge is 0.360 e. The van der Waals surface area contributed by atoms with Crippen molar-refractivity contribution in [1.82, 2.24) is 4.90 Å². The summed E-state index contributed by atoms with van der Waals surface area (Å²) in [5, 5.41) is 0. The molecule has 1 fully saturated rings.